The molecule has 2 aromatic rings. The predicted octanol–water partition coefficient (Wildman–Crippen LogP) is 0.892. The normalized spacial score (nSPS) is 23.2. The van der Waals surface area contributed by atoms with Gasteiger partial charge in [-0.05, 0) is 24.6 Å². The number of pyridine rings is 1. The van der Waals surface area contributed by atoms with Crippen molar-refractivity contribution in [2.45, 2.75) is 24.9 Å². The second-order valence-corrected chi connectivity index (χ2v) is 5.73. The summed E-state index contributed by atoms with van der Waals surface area (Å²) in [6.07, 6.45) is 7.47. The third-order valence-corrected chi connectivity index (χ3v) is 4.51. The summed E-state index contributed by atoms with van der Waals surface area (Å²) >= 11 is 0. The number of hydrogen-bond donors (Lipinski definition) is 0. The molecule has 0 radical (unpaired) electrons. The van der Waals surface area contributed by atoms with Gasteiger partial charge in [0.05, 0.1) is 41.9 Å². The Morgan fingerprint density at radius 1 is 1.13 bits per heavy atom. The van der Waals surface area contributed by atoms with Crippen LogP contribution in [0.25, 0.3) is 0 Å². The molecule has 2 aromatic heterocycles. The second kappa shape index (κ2) is 5.42. The minimum Gasteiger partial charge on any atom is -0.333 e. The van der Waals surface area contributed by atoms with Crippen molar-refractivity contribution < 1.29 is 9.59 Å². The van der Waals surface area contributed by atoms with Crippen molar-refractivity contribution >= 4 is 17.5 Å². The van der Waals surface area contributed by atoms with Crippen molar-refractivity contribution in [1.82, 2.24) is 20.1 Å². The van der Waals surface area contributed by atoms with E-state index in [0.29, 0.717) is 18.5 Å². The van der Waals surface area contributed by atoms with E-state index in [4.69, 9.17) is 0 Å². The minimum absolute atomic E-state index is 0.0189. The van der Waals surface area contributed by atoms with Gasteiger partial charge in [0.2, 0.25) is 5.91 Å². The summed E-state index contributed by atoms with van der Waals surface area (Å²) in [7, 11) is 0. The summed E-state index contributed by atoms with van der Waals surface area (Å²) < 4.78 is 0. The van der Waals surface area contributed by atoms with Crippen molar-refractivity contribution in [3.05, 3.63) is 48.5 Å². The van der Waals surface area contributed by atoms with Gasteiger partial charge in [-0.1, -0.05) is 0 Å². The van der Waals surface area contributed by atoms with Crippen LogP contribution in [-0.4, -0.2) is 50.5 Å². The average molecular weight is 309 g/mol. The lowest BCUT2D eigenvalue weighted by molar-refractivity contribution is -0.117. The van der Waals surface area contributed by atoms with E-state index in [0.717, 1.165) is 12.1 Å². The lowest BCUT2D eigenvalue weighted by atomic mass is 10.1. The van der Waals surface area contributed by atoms with Gasteiger partial charge >= 0.3 is 0 Å². The number of carbonyl (C=O) groups excluding carboxylic acids is 2. The molecule has 2 fully saturated rings. The van der Waals surface area contributed by atoms with Gasteiger partial charge in [-0.3, -0.25) is 14.6 Å². The number of nitrogens with zero attached hydrogens (tertiary/aromatic N) is 5. The first kappa shape index (κ1) is 13.8. The maximum atomic E-state index is 12.7. The molecule has 2 aliphatic heterocycles. The van der Waals surface area contributed by atoms with E-state index in [-0.39, 0.29) is 23.9 Å². The number of fused-ring (bicyclic) bond motifs is 1. The molecular formula is C16H15N5O2. The van der Waals surface area contributed by atoms with Crippen LogP contribution in [0, 0.1) is 0 Å². The monoisotopic (exact) mass is 309 g/mol. The van der Waals surface area contributed by atoms with E-state index in [2.05, 4.69) is 15.2 Å². The molecule has 2 aliphatic rings. The molecule has 2 saturated heterocycles. The van der Waals surface area contributed by atoms with Crippen LogP contribution in [0.2, 0.25) is 0 Å². The number of amides is 2. The second-order valence-electron chi connectivity index (χ2n) is 5.73. The van der Waals surface area contributed by atoms with Crippen LogP contribution >= 0.6 is 0 Å². The lowest BCUT2D eigenvalue weighted by Gasteiger charge is -2.25. The molecule has 7 heteroatoms. The third kappa shape index (κ3) is 2.25. The summed E-state index contributed by atoms with van der Waals surface area (Å²) in [5.41, 5.74) is 1.30. The lowest BCUT2D eigenvalue weighted by Crippen LogP contribution is -2.40. The van der Waals surface area contributed by atoms with E-state index in [1.54, 1.807) is 28.3 Å². The first-order valence-corrected chi connectivity index (χ1v) is 7.55. The summed E-state index contributed by atoms with van der Waals surface area (Å²) in [6, 6.07) is 5.27. The van der Waals surface area contributed by atoms with Crippen molar-refractivity contribution in [2.75, 3.05) is 11.4 Å². The molecule has 0 N–H and O–H groups in total. The highest BCUT2D eigenvalue weighted by Crippen LogP contribution is 2.36. The predicted molar refractivity (Wildman–Crippen MR) is 81.6 cm³/mol. The molecule has 7 nitrogen and oxygen atoms in total. The molecule has 116 valence electrons. The van der Waals surface area contributed by atoms with Gasteiger partial charge in [0.15, 0.2) is 0 Å². The van der Waals surface area contributed by atoms with E-state index in [1.807, 2.05) is 12.1 Å². The largest absolute Gasteiger partial charge is 0.333 e. The molecule has 0 aromatic carbocycles. The summed E-state index contributed by atoms with van der Waals surface area (Å²) in [5, 5.41) is 7.45. The van der Waals surface area contributed by atoms with Gasteiger partial charge < -0.3 is 9.80 Å². The van der Waals surface area contributed by atoms with Gasteiger partial charge in [-0.15, -0.1) is 0 Å². The molecule has 0 aliphatic carbocycles. The number of rotatable bonds is 2. The molecule has 2 atom stereocenters. The maximum absolute atomic E-state index is 12.7. The van der Waals surface area contributed by atoms with Gasteiger partial charge in [-0.25, -0.2) is 0 Å². The van der Waals surface area contributed by atoms with Crippen LogP contribution in [0.4, 0.5) is 5.69 Å². The van der Waals surface area contributed by atoms with Gasteiger partial charge in [0.1, 0.15) is 0 Å². The van der Waals surface area contributed by atoms with E-state index in [1.165, 1.54) is 12.4 Å². The Bertz CT molecular complexity index is 737. The summed E-state index contributed by atoms with van der Waals surface area (Å²) in [6.45, 7) is 0.639. The highest BCUT2D eigenvalue weighted by molar-refractivity contribution is 6.00. The first-order chi connectivity index (χ1) is 11.3. The van der Waals surface area contributed by atoms with Crippen molar-refractivity contribution in [2.24, 2.45) is 0 Å². The molecule has 0 unspecified atom stereocenters. The smallest absolute Gasteiger partial charge is 0.255 e. The number of anilines is 1. The number of aromatic nitrogens is 3. The Labute approximate surface area is 133 Å². The topological polar surface area (TPSA) is 79.3 Å². The molecule has 0 bridgehead atoms. The molecular weight excluding hydrogens is 294 g/mol. The Hall–Kier alpha value is -2.83. The van der Waals surface area contributed by atoms with Crippen LogP contribution in [0.15, 0.2) is 43.0 Å². The van der Waals surface area contributed by atoms with Crippen LogP contribution in [0.3, 0.4) is 0 Å². The Kier molecular flexibility index (Phi) is 3.25. The average Bonchev–Trinajstić information content (AvgIpc) is 3.13. The number of likely N-dealkylation sites (tertiary alicyclic amines) is 1. The molecule has 2 amide bonds. The molecule has 4 rings (SSSR count). The van der Waals surface area contributed by atoms with Crippen molar-refractivity contribution in [3.63, 3.8) is 0 Å². The van der Waals surface area contributed by atoms with Crippen LogP contribution in [0.5, 0.6) is 0 Å². The fourth-order valence-electron chi connectivity index (χ4n) is 3.51. The highest BCUT2D eigenvalue weighted by Gasteiger charge is 2.49. The van der Waals surface area contributed by atoms with Gasteiger partial charge in [0, 0.05) is 19.2 Å². The zero-order valence-electron chi connectivity index (χ0n) is 12.4. The van der Waals surface area contributed by atoms with Gasteiger partial charge in [0.25, 0.3) is 5.91 Å². The number of hydrogen-bond acceptors (Lipinski definition) is 5. The fraction of sp³-hybridized carbons (Fsp3) is 0.312. The first-order valence-electron chi connectivity index (χ1n) is 7.55. The van der Waals surface area contributed by atoms with Crippen LogP contribution in [-0.2, 0) is 4.79 Å². The third-order valence-electron chi connectivity index (χ3n) is 4.51. The zero-order valence-corrected chi connectivity index (χ0v) is 12.4. The highest BCUT2D eigenvalue weighted by atomic mass is 16.2. The summed E-state index contributed by atoms with van der Waals surface area (Å²) in [5.74, 6) is -0.0495. The molecule has 4 heterocycles. The van der Waals surface area contributed by atoms with Crippen molar-refractivity contribution in [3.8, 4) is 0 Å². The molecule has 23 heavy (non-hydrogen) atoms. The minimum atomic E-state index is -0.0941. The SMILES string of the molecule is O=C(c1ccnnc1)N1CC[C@@H]2[C@H]1CC(=O)N2c1cccnc1. The van der Waals surface area contributed by atoms with Gasteiger partial charge in [-0.2, -0.15) is 10.2 Å². The Morgan fingerprint density at radius 3 is 2.78 bits per heavy atom. The Morgan fingerprint density at radius 2 is 2.04 bits per heavy atom. The zero-order chi connectivity index (χ0) is 15.8. The van der Waals surface area contributed by atoms with Crippen LogP contribution in [0.1, 0.15) is 23.2 Å². The standard InChI is InChI=1S/C16H15N5O2/c22-15-8-14-13(21(15)12-2-1-5-17-10-12)4-7-20(14)16(23)11-3-6-18-19-9-11/h1-3,5-6,9-10,13-14H,4,7-8H2/t13-,14-/m1/s1. The fourth-order valence-corrected chi connectivity index (χ4v) is 3.51. The number of carbonyl (C=O) groups is 2. The quantitative estimate of drug-likeness (QED) is 0.823. The Balaban J connectivity index is 1.60. The maximum Gasteiger partial charge on any atom is 0.255 e. The molecule has 0 spiro atoms. The van der Waals surface area contributed by atoms with E-state index < -0.39 is 0 Å². The van der Waals surface area contributed by atoms with E-state index >= 15 is 0 Å². The van der Waals surface area contributed by atoms with Crippen molar-refractivity contribution in [1.29, 1.82) is 0 Å². The van der Waals surface area contributed by atoms with E-state index in [9.17, 15) is 9.59 Å². The molecule has 0 saturated carbocycles. The van der Waals surface area contributed by atoms with Crippen LogP contribution < -0.4 is 4.90 Å². The summed E-state index contributed by atoms with van der Waals surface area (Å²) in [4.78, 5) is 32.8.